The van der Waals surface area contributed by atoms with Gasteiger partial charge in [0.1, 0.15) is 0 Å². The molecule has 1 aliphatic carbocycles. The molecule has 1 aliphatic rings. The van der Waals surface area contributed by atoms with E-state index in [1.54, 1.807) is 30.3 Å². The third kappa shape index (κ3) is 2.39. The number of urea groups is 1. The molecule has 0 atom stereocenters. The minimum Gasteiger partial charge on any atom is -0.351 e. The summed E-state index contributed by atoms with van der Waals surface area (Å²) in [6, 6.07) is 10.5. The molecule has 0 fully saturated rings. The first-order valence-corrected chi connectivity index (χ1v) is 5.97. The molecular weight excluding hydrogens is 292 g/mol. The number of anilines is 1. The van der Waals surface area contributed by atoms with Gasteiger partial charge in [-0.25, -0.2) is 4.79 Å². The van der Waals surface area contributed by atoms with Crippen molar-refractivity contribution in [1.82, 2.24) is 0 Å². The van der Waals surface area contributed by atoms with E-state index in [-0.39, 0.29) is 29.5 Å². The lowest BCUT2D eigenvalue weighted by molar-refractivity contribution is 0.0979. The summed E-state index contributed by atoms with van der Waals surface area (Å²) < 4.78 is 0. The van der Waals surface area contributed by atoms with Crippen LogP contribution in [-0.4, -0.2) is 17.6 Å². The van der Waals surface area contributed by atoms with Crippen LogP contribution in [-0.2, 0) is 0 Å². The van der Waals surface area contributed by atoms with Gasteiger partial charge >= 0.3 is 6.03 Å². The lowest BCUT2D eigenvalue weighted by Crippen LogP contribution is -2.23. The van der Waals surface area contributed by atoms with E-state index in [1.807, 2.05) is 0 Å². The van der Waals surface area contributed by atoms with Gasteiger partial charge in [-0.2, -0.15) is 0 Å². The van der Waals surface area contributed by atoms with E-state index in [1.165, 1.54) is 12.1 Å². The minimum atomic E-state index is -0.722. The van der Waals surface area contributed by atoms with Crippen LogP contribution >= 0.6 is 12.4 Å². The molecule has 0 saturated carbocycles. The summed E-state index contributed by atoms with van der Waals surface area (Å²) >= 11 is 0. The standard InChI is InChI=1S/C15H10N2O3.ClH/c16-15(20)17-8-5-6-11-12(7-8)14(19)10-4-2-1-3-9(10)13(11)18;/h1-7H,(H3,16,17,20);1H. The quantitative estimate of drug-likeness (QED) is 0.723. The molecule has 0 aromatic heterocycles. The molecule has 6 heteroatoms. The predicted molar refractivity (Wildman–Crippen MR) is 80.2 cm³/mol. The molecule has 2 aromatic carbocycles. The summed E-state index contributed by atoms with van der Waals surface area (Å²) in [5.74, 6) is -0.427. The maximum atomic E-state index is 12.4. The Morgan fingerprint density at radius 2 is 1.38 bits per heavy atom. The zero-order valence-corrected chi connectivity index (χ0v) is 11.6. The van der Waals surface area contributed by atoms with Crippen molar-refractivity contribution in [2.24, 2.45) is 5.73 Å². The Labute approximate surface area is 126 Å². The van der Waals surface area contributed by atoms with E-state index < -0.39 is 6.03 Å². The van der Waals surface area contributed by atoms with Crippen LogP contribution in [0.1, 0.15) is 31.8 Å². The number of primary amides is 1. The second-order valence-corrected chi connectivity index (χ2v) is 4.45. The molecule has 2 amide bonds. The Hall–Kier alpha value is -2.66. The third-order valence-electron chi connectivity index (χ3n) is 3.19. The Morgan fingerprint density at radius 3 is 1.95 bits per heavy atom. The monoisotopic (exact) mass is 302 g/mol. The van der Waals surface area contributed by atoms with E-state index >= 15 is 0 Å². The third-order valence-corrected chi connectivity index (χ3v) is 3.19. The van der Waals surface area contributed by atoms with Gasteiger partial charge in [0.15, 0.2) is 11.6 Å². The number of amides is 2. The van der Waals surface area contributed by atoms with Crippen LogP contribution in [0.5, 0.6) is 0 Å². The SMILES string of the molecule is Cl.NC(=O)Nc1ccc2c(c1)C(=O)c1ccccc1C2=O. The molecule has 0 aliphatic heterocycles. The molecule has 0 unspecified atom stereocenters. The van der Waals surface area contributed by atoms with Gasteiger partial charge in [0.25, 0.3) is 0 Å². The van der Waals surface area contributed by atoms with Crippen molar-refractivity contribution in [2.45, 2.75) is 0 Å². The maximum absolute atomic E-state index is 12.4. The average Bonchev–Trinajstić information content (AvgIpc) is 2.44. The fraction of sp³-hybridized carbons (Fsp3) is 0. The van der Waals surface area contributed by atoms with Crippen LogP contribution in [0, 0.1) is 0 Å². The van der Waals surface area contributed by atoms with E-state index in [0.29, 0.717) is 22.4 Å². The van der Waals surface area contributed by atoms with E-state index in [4.69, 9.17) is 5.73 Å². The molecule has 106 valence electrons. The summed E-state index contributed by atoms with van der Waals surface area (Å²) in [6.07, 6.45) is 0. The highest BCUT2D eigenvalue weighted by atomic mass is 35.5. The van der Waals surface area contributed by atoms with Gasteiger partial charge in [-0.05, 0) is 18.2 Å². The predicted octanol–water partition coefficient (Wildman–Crippen LogP) is 2.37. The Kier molecular flexibility index (Phi) is 3.78. The van der Waals surface area contributed by atoms with Gasteiger partial charge in [-0.1, -0.05) is 24.3 Å². The Balaban J connectivity index is 0.00000161. The Bertz CT molecular complexity index is 771. The zero-order valence-electron chi connectivity index (χ0n) is 10.8. The molecule has 0 radical (unpaired) electrons. The van der Waals surface area contributed by atoms with E-state index in [2.05, 4.69) is 5.32 Å². The van der Waals surface area contributed by atoms with Gasteiger partial charge in [-0.15, -0.1) is 12.4 Å². The fourth-order valence-electron chi connectivity index (χ4n) is 2.32. The summed E-state index contributed by atoms with van der Waals surface area (Å²) in [5.41, 5.74) is 6.82. The van der Waals surface area contributed by atoms with Crippen molar-refractivity contribution < 1.29 is 14.4 Å². The van der Waals surface area contributed by atoms with Crippen LogP contribution in [0.4, 0.5) is 10.5 Å². The molecule has 0 saturated heterocycles. The number of fused-ring (bicyclic) bond motifs is 2. The molecule has 3 N–H and O–H groups in total. The molecule has 5 nitrogen and oxygen atoms in total. The van der Waals surface area contributed by atoms with Crippen LogP contribution < -0.4 is 11.1 Å². The number of hydrogen-bond acceptors (Lipinski definition) is 3. The lowest BCUT2D eigenvalue weighted by Gasteiger charge is -2.17. The van der Waals surface area contributed by atoms with E-state index in [9.17, 15) is 14.4 Å². The van der Waals surface area contributed by atoms with Crippen LogP contribution in [0.25, 0.3) is 0 Å². The average molecular weight is 303 g/mol. The lowest BCUT2D eigenvalue weighted by atomic mass is 9.84. The first-order chi connectivity index (χ1) is 9.58. The van der Waals surface area contributed by atoms with Gasteiger partial charge in [0.05, 0.1) is 0 Å². The summed E-state index contributed by atoms with van der Waals surface area (Å²) in [6.45, 7) is 0. The van der Waals surface area contributed by atoms with Crippen molar-refractivity contribution in [3.63, 3.8) is 0 Å². The van der Waals surface area contributed by atoms with Crippen molar-refractivity contribution in [3.05, 3.63) is 64.7 Å². The van der Waals surface area contributed by atoms with Crippen molar-refractivity contribution >= 4 is 35.7 Å². The number of ketones is 2. The number of nitrogens with two attached hydrogens (primary N) is 1. The van der Waals surface area contributed by atoms with Crippen LogP contribution in [0.15, 0.2) is 42.5 Å². The van der Waals surface area contributed by atoms with Crippen LogP contribution in [0.2, 0.25) is 0 Å². The van der Waals surface area contributed by atoms with Gasteiger partial charge in [0, 0.05) is 27.9 Å². The molecule has 0 bridgehead atoms. The summed E-state index contributed by atoms with van der Waals surface area (Å²) in [5, 5.41) is 2.39. The largest absolute Gasteiger partial charge is 0.351 e. The topological polar surface area (TPSA) is 89.3 Å². The molecule has 0 heterocycles. The summed E-state index contributed by atoms with van der Waals surface area (Å²) in [4.78, 5) is 35.6. The minimum absolute atomic E-state index is 0. The summed E-state index contributed by atoms with van der Waals surface area (Å²) in [7, 11) is 0. The number of nitrogens with one attached hydrogen (secondary N) is 1. The number of hydrogen-bond donors (Lipinski definition) is 2. The Morgan fingerprint density at radius 1 is 0.857 bits per heavy atom. The number of carbonyl (C=O) groups is 3. The fourth-order valence-corrected chi connectivity index (χ4v) is 2.32. The van der Waals surface area contributed by atoms with Crippen molar-refractivity contribution in [3.8, 4) is 0 Å². The number of halogens is 1. The first kappa shape index (κ1) is 14.7. The maximum Gasteiger partial charge on any atom is 0.316 e. The van der Waals surface area contributed by atoms with Crippen molar-refractivity contribution in [2.75, 3.05) is 5.32 Å². The van der Waals surface area contributed by atoms with Gasteiger partial charge in [-0.3, -0.25) is 9.59 Å². The zero-order chi connectivity index (χ0) is 14.3. The van der Waals surface area contributed by atoms with Crippen LogP contribution in [0.3, 0.4) is 0 Å². The molecule has 3 rings (SSSR count). The second kappa shape index (κ2) is 5.38. The van der Waals surface area contributed by atoms with Gasteiger partial charge < -0.3 is 11.1 Å². The number of rotatable bonds is 1. The highest BCUT2D eigenvalue weighted by molar-refractivity contribution is 6.28. The molecule has 0 spiro atoms. The van der Waals surface area contributed by atoms with E-state index in [0.717, 1.165) is 0 Å². The first-order valence-electron chi connectivity index (χ1n) is 5.97. The molecule has 21 heavy (non-hydrogen) atoms. The van der Waals surface area contributed by atoms with Crippen molar-refractivity contribution in [1.29, 1.82) is 0 Å². The highest BCUT2D eigenvalue weighted by Gasteiger charge is 2.29. The molecular formula is C15H11ClN2O3. The highest BCUT2D eigenvalue weighted by Crippen LogP contribution is 2.28. The number of benzene rings is 2. The second-order valence-electron chi connectivity index (χ2n) is 4.45. The number of carbonyl (C=O) groups excluding carboxylic acids is 3. The normalized spacial score (nSPS) is 12.0. The molecule has 2 aromatic rings. The smallest absolute Gasteiger partial charge is 0.316 e. The van der Waals surface area contributed by atoms with Gasteiger partial charge in [0.2, 0.25) is 0 Å².